The summed E-state index contributed by atoms with van der Waals surface area (Å²) in [5, 5.41) is 12.2. The lowest BCUT2D eigenvalue weighted by molar-refractivity contribution is -0.116. The summed E-state index contributed by atoms with van der Waals surface area (Å²) >= 11 is 1.38. The zero-order valence-corrected chi connectivity index (χ0v) is 15.0. The molecule has 10 heteroatoms. The first-order valence-electron chi connectivity index (χ1n) is 7.73. The van der Waals surface area contributed by atoms with E-state index in [4.69, 9.17) is 0 Å². The number of hydrogen-bond donors (Lipinski definition) is 1. The number of sulfonamides is 1. The molecule has 1 aliphatic carbocycles. The molecule has 1 aliphatic heterocycles. The summed E-state index contributed by atoms with van der Waals surface area (Å²) in [5.41, 5.74) is 0.504. The molecule has 1 N–H and O–H groups in total. The van der Waals surface area contributed by atoms with Crippen molar-refractivity contribution in [3.63, 3.8) is 0 Å². The van der Waals surface area contributed by atoms with Crippen LogP contribution in [0, 0.1) is 0 Å². The Bertz CT molecular complexity index is 979. The summed E-state index contributed by atoms with van der Waals surface area (Å²) in [7, 11) is -2.07. The molecule has 2 aromatic rings. The van der Waals surface area contributed by atoms with Crippen LogP contribution in [0.5, 0.6) is 0 Å². The third-order valence-electron chi connectivity index (χ3n) is 3.97. The second kappa shape index (κ2) is 5.88. The molecule has 1 aromatic heterocycles. The number of carbonyl (C=O) groups is 1. The number of likely N-dealkylation sites (N-methyl/N-ethyl adjacent to an activating group) is 1. The van der Waals surface area contributed by atoms with Crippen LogP contribution in [0.2, 0.25) is 0 Å². The van der Waals surface area contributed by atoms with E-state index in [2.05, 4.69) is 19.9 Å². The number of amides is 1. The summed E-state index contributed by atoms with van der Waals surface area (Å²) < 4.78 is 28.0. The second-order valence-corrected chi connectivity index (χ2v) is 8.59. The summed E-state index contributed by atoms with van der Waals surface area (Å²) in [6.45, 7) is -0.0406. The van der Waals surface area contributed by atoms with Crippen LogP contribution < -0.4 is 5.32 Å². The quantitative estimate of drug-likeness (QED) is 0.864. The maximum atomic E-state index is 12.2. The maximum Gasteiger partial charge on any atom is 0.285 e. The van der Waals surface area contributed by atoms with Gasteiger partial charge in [-0.3, -0.25) is 10.1 Å². The molecule has 25 heavy (non-hydrogen) atoms. The zero-order chi connectivity index (χ0) is 17.6. The smallest absolute Gasteiger partial charge is 0.285 e. The minimum atomic E-state index is -3.70. The molecule has 0 atom stereocenters. The fourth-order valence-corrected chi connectivity index (χ4v) is 4.77. The Kier molecular flexibility index (Phi) is 3.80. The van der Waals surface area contributed by atoms with Crippen LogP contribution in [0.15, 0.2) is 33.6 Å². The number of aromatic nitrogens is 2. The number of rotatable bonds is 4. The molecule has 2 aliphatic rings. The number of anilines is 1. The van der Waals surface area contributed by atoms with Crippen molar-refractivity contribution in [3.8, 4) is 0 Å². The van der Waals surface area contributed by atoms with Gasteiger partial charge in [0.25, 0.3) is 10.0 Å². The SMILES string of the molecule is CN(CC(=O)Nc1nnc(C2CC2)s1)C1=NS(=O)(=O)c2ccccc21. The highest BCUT2D eigenvalue weighted by molar-refractivity contribution is 7.90. The zero-order valence-electron chi connectivity index (χ0n) is 13.3. The van der Waals surface area contributed by atoms with Crippen LogP contribution in [0.25, 0.3) is 0 Å². The van der Waals surface area contributed by atoms with Crippen LogP contribution in [0.4, 0.5) is 5.13 Å². The van der Waals surface area contributed by atoms with Gasteiger partial charge in [-0.05, 0) is 25.0 Å². The van der Waals surface area contributed by atoms with Crippen molar-refractivity contribution in [2.75, 3.05) is 18.9 Å². The Morgan fingerprint density at radius 1 is 1.32 bits per heavy atom. The van der Waals surface area contributed by atoms with Gasteiger partial charge in [-0.15, -0.1) is 14.6 Å². The molecule has 1 fully saturated rings. The average Bonchev–Trinajstić information content (AvgIpc) is 3.26. The Balaban J connectivity index is 1.46. The molecular formula is C15H15N5O3S2. The van der Waals surface area contributed by atoms with Gasteiger partial charge in [-0.2, -0.15) is 8.42 Å². The number of amidine groups is 1. The van der Waals surface area contributed by atoms with Gasteiger partial charge in [0.2, 0.25) is 11.0 Å². The van der Waals surface area contributed by atoms with E-state index >= 15 is 0 Å². The van der Waals surface area contributed by atoms with Crippen LogP contribution >= 0.6 is 11.3 Å². The van der Waals surface area contributed by atoms with Crippen molar-refractivity contribution in [1.29, 1.82) is 0 Å². The lowest BCUT2D eigenvalue weighted by Crippen LogP contribution is -2.34. The standard InChI is InChI=1S/C15H15N5O3S2/c1-20(13-10-4-2-3-5-11(10)25(22,23)19-13)8-12(21)16-15-18-17-14(24-15)9-6-7-9/h2-5,9H,6-8H2,1H3,(H,16,18,21). The number of carbonyl (C=O) groups excluding carboxylic acids is 1. The Hall–Kier alpha value is -2.33. The van der Waals surface area contributed by atoms with Crippen LogP contribution in [-0.4, -0.2) is 48.9 Å². The Labute approximate surface area is 148 Å². The molecule has 0 unspecified atom stereocenters. The molecule has 130 valence electrons. The molecule has 1 aromatic carbocycles. The number of benzene rings is 1. The highest BCUT2D eigenvalue weighted by Gasteiger charge is 2.31. The van der Waals surface area contributed by atoms with Crippen LogP contribution in [-0.2, 0) is 14.8 Å². The van der Waals surface area contributed by atoms with E-state index in [1.807, 2.05) is 0 Å². The lowest BCUT2D eigenvalue weighted by Gasteiger charge is -2.17. The molecule has 4 rings (SSSR count). The van der Waals surface area contributed by atoms with Crippen molar-refractivity contribution in [2.24, 2.45) is 4.40 Å². The average molecular weight is 377 g/mol. The van der Waals surface area contributed by atoms with Gasteiger partial charge < -0.3 is 4.90 Å². The van der Waals surface area contributed by atoms with Crippen molar-refractivity contribution < 1.29 is 13.2 Å². The number of nitrogens with zero attached hydrogens (tertiary/aromatic N) is 4. The highest BCUT2D eigenvalue weighted by atomic mass is 32.2. The summed E-state index contributed by atoms with van der Waals surface area (Å²) in [4.78, 5) is 13.9. The predicted molar refractivity (Wildman–Crippen MR) is 93.3 cm³/mol. The minimum absolute atomic E-state index is 0.0406. The second-order valence-electron chi connectivity index (χ2n) is 6.01. The van der Waals surface area contributed by atoms with E-state index in [1.54, 1.807) is 25.2 Å². The van der Waals surface area contributed by atoms with E-state index in [0.29, 0.717) is 16.6 Å². The maximum absolute atomic E-state index is 12.2. The monoisotopic (exact) mass is 377 g/mol. The van der Waals surface area contributed by atoms with Gasteiger partial charge in [0.05, 0.1) is 6.54 Å². The minimum Gasteiger partial charge on any atom is -0.349 e. The molecule has 2 heterocycles. The fraction of sp³-hybridized carbons (Fsp3) is 0.333. The normalized spacial score (nSPS) is 17.7. The van der Waals surface area contributed by atoms with Crippen molar-refractivity contribution in [3.05, 3.63) is 34.8 Å². The molecule has 1 saturated carbocycles. The van der Waals surface area contributed by atoms with Gasteiger partial charge in [-0.1, -0.05) is 23.5 Å². The third-order valence-corrected chi connectivity index (χ3v) is 6.29. The van der Waals surface area contributed by atoms with Gasteiger partial charge in [0, 0.05) is 18.5 Å². The van der Waals surface area contributed by atoms with E-state index in [0.717, 1.165) is 17.8 Å². The molecule has 0 bridgehead atoms. The first-order valence-corrected chi connectivity index (χ1v) is 9.98. The van der Waals surface area contributed by atoms with E-state index in [-0.39, 0.29) is 23.2 Å². The number of hydrogen-bond acceptors (Lipinski definition) is 7. The topological polar surface area (TPSA) is 105 Å². The summed E-state index contributed by atoms with van der Waals surface area (Å²) in [6.07, 6.45) is 2.25. The van der Waals surface area contributed by atoms with E-state index in [9.17, 15) is 13.2 Å². The largest absolute Gasteiger partial charge is 0.349 e. The predicted octanol–water partition coefficient (Wildman–Crippen LogP) is 1.43. The number of nitrogens with one attached hydrogen (secondary N) is 1. The Morgan fingerprint density at radius 3 is 2.84 bits per heavy atom. The molecule has 0 radical (unpaired) electrons. The molecule has 8 nitrogen and oxygen atoms in total. The summed E-state index contributed by atoms with van der Waals surface area (Å²) in [6, 6.07) is 6.58. The number of fused-ring (bicyclic) bond motifs is 1. The van der Waals surface area contributed by atoms with Crippen molar-refractivity contribution in [2.45, 2.75) is 23.7 Å². The molecular weight excluding hydrogens is 362 g/mol. The van der Waals surface area contributed by atoms with Crippen LogP contribution in [0.3, 0.4) is 0 Å². The van der Waals surface area contributed by atoms with Gasteiger partial charge in [0.1, 0.15) is 9.90 Å². The highest BCUT2D eigenvalue weighted by Crippen LogP contribution is 2.42. The van der Waals surface area contributed by atoms with E-state index < -0.39 is 10.0 Å². The van der Waals surface area contributed by atoms with Gasteiger partial charge >= 0.3 is 0 Å². The molecule has 0 spiro atoms. The van der Waals surface area contributed by atoms with Crippen LogP contribution in [0.1, 0.15) is 29.3 Å². The third kappa shape index (κ3) is 3.14. The first kappa shape index (κ1) is 16.2. The molecule has 0 saturated heterocycles. The Morgan fingerprint density at radius 2 is 2.08 bits per heavy atom. The first-order chi connectivity index (χ1) is 11.9. The van der Waals surface area contributed by atoms with Gasteiger partial charge in [0.15, 0.2) is 5.84 Å². The van der Waals surface area contributed by atoms with E-state index in [1.165, 1.54) is 22.3 Å². The lowest BCUT2D eigenvalue weighted by atomic mass is 10.2. The van der Waals surface area contributed by atoms with Gasteiger partial charge in [-0.25, -0.2) is 0 Å². The van der Waals surface area contributed by atoms with Crippen molar-refractivity contribution >= 4 is 38.2 Å². The molecule has 1 amide bonds. The fourth-order valence-electron chi connectivity index (χ4n) is 2.59. The van der Waals surface area contributed by atoms with Crippen molar-refractivity contribution in [1.82, 2.24) is 15.1 Å². The summed E-state index contributed by atoms with van der Waals surface area (Å²) in [5.74, 6) is 0.451.